The molecule has 0 aliphatic heterocycles. The third-order valence-corrected chi connectivity index (χ3v) is 2.70. The zero-order chi connectivity index (χ0) is 12.0. The van der Waals surface area contributed by atoms with Gasteiger partial charge in [-0.2, -0.15) is 4.98 Å². The van der Waals surface area contributed by atoms with Gasteiger partial charge < -0.3 is 15.0 Å². The van der Waals surface area contributed by atoms with Crippen LogP contribution in [0.5, 0.6) is 0 Å². The summed E-state index contributed by atoms with van der Waals surface area (Å²) in [7, 11) is 0. The molecule has 1 rings (SSSR count). The van der Waals surface area contributed by atoms with Crippen molar-refractivity contribution in [2.45, 2.75) is 39.7 Å². The lowest BCUT2D eigenvalue weighted by Gasteiger charge is -2.12. The highest BCUT2D eigenvalue weighted by Crippen LogP contribution is 2.19. The normalized spacial score (nSPS) is 15.0. The smallest absolute Gasteiger partial charge is 0.243 e. The van der Waals surface area contributed by atoms with Crippen LogP contribution in [0, 0.1) is 5.92 Å². The van der Waals surface area contributed by atoms with Gasteiger partial charge in [0.05, 0.1) is 12.6 Å². The van der Waals surface area contributed by atoms with E-state index in [1.165, 1.54) is 0 Å². The van der Waals surface area contributed by atoms with Crippen molar-refractivity contribution in [3.05, 3.63) is 11.7 Å². The summed E-state index contributed by atoms with van der Waals surface area (Å²) in [5, 5.41) is 3.88. The van der Waals surface area contributed by atoms with E-state index in [1.807, 2.05) is 6.92 Å². The highest BCUT2D eigenvalue weighted by molar-refractivity contribution is 4.93. The Labute approximate surface area is 96.4 Å². The van der Waals surface area contributed by atoms with Crippen molar-refractivity contribution in [2.75, 3.05) is 13.2 Å². The van der Waals surface area contributed by atoms with Crippen LogP contribution >= 0.6 is 0 Å². The third kappa shape index (κ3) is 3.57. The molecule has 5 heteroatoms. The van der Waals surface area contributed by atoms with E-state index >= 15 is 0 Å². The molecule has 0 amide bonds. The third-order valence-electron chi connectivity index (χ3n) is 2.70. The Kier molecular flexibility index (Phi) is 5.42. The molecule has 16 heavy (non-hydrogen) atoms. The van der Waals surface area contributed by atoms with Gasteiger partial charge in [-0.25, -0.2) is 0 Å². The van der Waals surface area contributed by atoms with Gasteiger partial charge in [0.1, 0.15) is 0 Å². The van der Waals surface area contributed by atoms with Gasteiger partial charge in [-0.05, 0) is 12.8 Å². The van der Waals surface area contributed by atoms with E-state index in [4.69, 9.17) is 15.0 Å². The summed E-state index contributed by atoms with van der Waals surface area (Å²) in [6, 6.07) is -0.168. The van der Waals surface area contributed by atoms with Gasteiger partial charge in [-0.3, -0.25) is 0 Å². The zero-order valence-electron chi connectivity index (χ0n) is 10.3. The molecule has 2 unspecified atom stereocenters. The van der Waals surface area contributed by atoms with Crippen LogP contribution in [0.1, 0.15) is 44.9 Å². The van der Waals surface area contributed by atoms with E-state index in [2.05, 4.69) is 24.0 Å². The molecule has 1 aromatic heterocycles. The van der Waals surface area contributed by atoms with E-state index in [0.717, 1.165) is 6.42 Å². The number of nitrogens with zero attached hydrogens (tertiary/aromatic N) is 2. The van der Waals surface area contributed by atoms with Crippen molar-refractivity contribution in [2.24, 2.45) is 11.7 Å². The summed E-state index contributed by atoms with van der Waals surface area (Å²) in [6.45, 7) is 7.46. The van der Waals surface area contributed by atoms with Crippen LogP contribution in [0.2, 0.25) is 0 Å². The molecular weight excluding hydrogens is 206 g/mol. The molecule has 0 radical (unpaired) electrons. The number of aromatic nitrogens is 2. The summed E-state index contributed by atoms with van der Waals surface area (Å²) in [4.78, 5) is 4.27. The van der Waals surface area contributed by atoms with Crippen molar-refractivity contribution in [3.8, 4) is 0 Å². The molecule has 1 aromatic rings. The molecule has 0 saturated heterocycles. The zero-order valence-corrected chi connectivity index (χ0v) is 10.3. The van der Waals surface area contributed by atoms with Crippen LogP contribution in [0.15, 0.2) is 4.52 Å². The highest BCUT2D eigenvalue weighted by atomic mass is 16.5. The van der Waals surface area contributed by atoms with Gasteiger partial charge in [0.15, 0.2) is 5.82 Å². The summed E-state index contributed by atoms with van der Waals surface area (Å²) in [5.74, 6) is 1.54. The van der Waals surface area contributed by atoms with E-state index in [-0.39, 0.29) is 6.04 Å². The molecule has 0 spiro atoms. The van der Waals surface area contributed by atoms with Gasteiger partial charge in [-0.15, -0.1) is 0 Å². The van der Waals surface area contributed by atoms with Crippen molar-refractivity contribution in [3.63, 3.8) is 0 Å². The maximum absolute atomic E-state index is 5.99. The first-order chi connectivity index (χ1) is 7.69. The standard InChI is InChI=1S/C11H21N3O2/c1-4-8(3)10(12)11-13-9(14-16-11)6-7-15-5-2/h8,10H,4-7,12H2,1-3H3. The highest BCUT2D eigenvalue weighted by Gasteiger charge is 2.19. The second-order valence-electron chi connectivity index (χ2n) is 3.91. The van der Waals surface area contributed by atoms with Crippen LogP contribution in [0.25, 0.3) is 0 Å². The molecule has 1 heterocycles. The monoisotopic (exact) mass is 227 g/mol. The molecule has 5 nitrogen and oxygen atoms in total. The molecule has 2 atom stereocenters. The predicted octanol–water partition coefficient (Wildman–Crippen LogP) is 1.69. The van der Waals surface area contributed by atoms with Crippen molar-refractivity contribution >= 4 is 0 Å². The minimum atomic E-state index is -0.168. The molecule has 0 fully saturated rings. The Hall–Kier alpha value is -0.940. The van der Waals surface area contributed by atoms with Crippen LogP contribution in [-0.4, -0.2) is 23.4 Å². The first kappa shape index (κ1) is 13.1. The molecule has 0 aromatic carbocycles. The maximum atomic E-state index is 5.99. The minimum absolute atomic E-state index is 0.168. The number of ether oxygens (including phenoxy) is 1. The topological polar surface area (TPSA) is 74.2 Å². The van der Waals surface area contributed by atoms with Crippen LogP contribution in [0.3, 0.4) is 0 Å². The largest absolute Gasteiger partial charge is 0.381 e. The van der Waals surface area contributed by atoms with Crippen LogP contribution < -0.4 is 5.73 Å². The Balaban J connectivity index is 2.50. The van der Waals surface area contributed by atoms with Gasteiger partial charge in [-0.1, -0.05) is 25.4 Å². The van der Waals surface area contributed by atoms with E-state index in [1.54, 1.807) is 0 Å². The summed E-state index contributed by atoms with van der Waals surface area (Å²) >= 11 is 0. The first-order valence-corrected chi connectivity index (χ1v) is 5.84. The van der Waals surface area contributed by atoms with Gasteiger partial charge >= 0.3 is 0 Å². The van der Waals surface area contributed by atoms with E-state index in [9.17, 15) is 0 Å². The second-order valence-corrected chi connectivity index (χ2v) is 3.91. The van der Waals surface area contributed by atoms with Crippen molar-refractivity contribution in [1.29, 1.82) is 0 Å². The SMILES string of the molecule is CCOCCc1noc(C(N)C(C)CC)n1. The number of rotatable bonds is 7. The lowest BCUT2D eigenvalue weighted by atomic mass is 10.0. The Morgan fingerprint density at radius 3 is 2.81 bits per heavy atom. The quantitative estimate of drug-likeness (QED) is 0.717. The maximum Gasteiger partial charge on any atom is 0.243 e. The first-order valence-electron chi connectivity index (χ1n) is 5.84. The number of nitrogens with two attached hydrogens (primary N) is 1. The fourth-order valence-electron chi connectivity index (χ4n) is 1.31. The van der Waals surface area contributed by atoms with Crippen LogP contribution in [0.4, 0.5) is 0 Å². The molecule has 92 valence electrons. The Morgan fingerprint density at radius 2 is 2.19 bits per heavy atom. The Morgan fingerprint density at radius 1 is 1.44 bits per heavy atom. The van der Waals surface area contributed by atoms with Crippen LogP contribution in [-0.2, 0) is 11.2 Å². The van der Waals surface area contributed by atoms with Gasteiger partial charge in [0.2, 0.25) is 5.89 Å². The average Bonchev–Trinajstić information content (AvgIpc) is 2.76. The number of hydrogen-bond acceptors (Lipinski definition) is 5. The van der Waals surface area contributed by atoms with Crippen molar-refractivity contribution in [1.82, 2.24) is 10.1 Å². The van der Waals surface area contributed by atoms with E-state index in [0.29, 0.717) is 37.3 Å². The number of hydrogen-bond donors (Lipinski definition) is 1. The van der Waals surface area contributed by atoms with Gasteiger partial charge in [0.25, 0.3) is 0 Å². The molecule has 2 N–H and O–H groups in total. The van der Waals surface area contributed by atoms with Crippen molar-refractivity contribution < 1.29 is 9.26 Å². The lowest BCUT2D eigenvalue weighted by molar-refractivity contribution is 0.149. The van der Waals surface area contributed by atoms with E-state index < -0.39 is 0 Å². The summed E-state index contributed by atoms with van der Waals surface area (Å²) in [6.07, 6.45) is 1.67. The predicted molar refractivity (Wildman–Crippen MR) is 60.9 cm³/mol. The molecule has 0 bridgehead atoms. The average molecular weight is 227 g/mol. The minimum Gasteiger partial charge on any atom is -0.381 e. The fourth-order valence-corrected chi connectivity index (χ4v) is 1.31. The second kappa shape index (κ2) is 6.60. The fraction of sp³-hybridized carbons (Fsp3) is 0.818. The molecule has 0 aliphatic rings. The summed E-state index contributed by atoms with van der Waals surface area (Å²) < 4.78 is 10.4. The van der Waals surface area contributed by atoms with Gasteiger partial charge in [0, 0.05) is 13.0 Å². The molecular formula is C11H21N3O2. The molecule has 0 saturated carbocycles. The Bertz CT molecular complexity index is 301. The molecule has 0 aliphatic carbocycles. The summed E-state index contributed by atoms with van der Waals surface area (Å²) in [5.41, 5.74) is 5.99. The lowest BCUT2D eigenvalue weighted by Crippen LogP contribution is -2.18.